The van der Waals surface area contributed by atoms with Gasteiger partial charge in [0, 0.05) is 11.6 Å². The number of hydrogen-bond donors (Lipinski definition) is 1. The fraction of sp³-hybridized carbons (Fsp3) is 0.933. The molecular formula is C15H26N2O. The molecule has 4 saturated carbocycles. The quantitative estimate of drug-likeness (QED) is 0.834. The fourth-order valence-electron chi connectivity index (χ4n) is 5.56. The first-order chi connectivity index (χ1) is 8.54. The van der Waals surface area contributed by atoms with Gasteiger partial charge in [-0.1, -0.05) is 0 Å². The number of nitrogens with zero attached hydrogens (tertiary/aromatic N) is 1. The Morgan fingerprint density at radius 3 is 1.94 bits per heavy atom. The second-order valence-corrected chi connectivity index (χ2v) is 7.20. The Morgan fingerprint density at radius 1 is 1.17 bits per heavy atom. The largest absolute Gasteiger partial charge is 0.333 e. The Hall–Kier alpha value is -0.570. The predicted molar refractivity (Wildman–Crippen MR) is 71.9 cm³/mol. The molecule has 0 saturated heterocycles. The van der Waals surface area contributed by atoms with Crippen molar-refractivity contribution in [2.75, 3.05) is 6.54 Å². The van der Waals surface area contributed by atoms with Crippen LogP contribution in [-0.4, -0.2) is 28.9 Å². The fourth-order valence-corrected chi connectivity index (χ4v) is 5.56. The maximum atomic E-state index is 12.3. The van der Waals surface area contributed by atoms with Gasteiger partial charge in [-0.3, -0.25) is 4.79 Å². The summed E-state index contributed by atoms with van der Waals surface area (Å²) >= 11 is 0. The van der Waals surface area contributed by atoms with Crippen molar-refractivity contribution in [1.82, 2.24) is 4.90 Å². The lowest BCUT2D eigenvalue weighted by Gasteiger charge is -2.61. The van der Waals surface area contributed by atoms with Crippen LogP contribution in [-0.2, 0) is 4.79 Å². The molecule has 0 aromatic carbocycles. The van der Waals surface area contributed by atoms with Gasteiger partial charge < -0.3 is 10.6 Å². The highest BCUT2D eigenvalue weighted by molar-refractivity contribution is 5.79. The molecule has 1 amide bonds. The minimum absolute atomic E-state index is 0.159. The number of carbonyl (C=O) groups is 1. The molecule has 4 aliphatic rings. The summed E-state index contributed by atoms with van der Waals surface area (Å²) in [6, 6.07) is 0.289. The topological polar surface area (TPSA) is 46.3 Å². The first kappa shape index (κ1) is 12.5. The monoisotopic (exact) mass is 250 g/mol. The summed E-state index contributed by atoms with van der Waals surface area (Å²) in [6.07, 6.45) is 7.97. The molecule has 3 heteroatoms. The highest BCUT2D eigenvalue weighted by Gasteiger charge is 2.54. The average molecular weight is 250 g/mol. The van der Waals surface area contributed by atoms with Crippen molar-refractivity contribution < 1.29 is 4.79 Å². The first-order valence-corrected chi connectivity index (χ1v) is 7.56. The summed E-state index contributed by atoms with van der Waals surface area (Å²) in [4.78, 5) is 14.4. The van der Waals surface area contributed by atoms with Gasteiger partial charge in [-0.25, -0.2) is 0 Å². The molecule has 4 fully saturated rings. The van der Waals surface area contributed by atoms with Gasteiger partial charge in [-0.15, -0.1) is 0 Å². The first-order valence-electron chi connectivity index (χ1n) is 7.56. The van der Waals surface area contributed by atoms with Crippen LogP contribution in [0.1, 0.15) is 52.4 Å². The Labute approximate surface area is 110 Å². The lowest BCUT2D eigenvalue weighted by molar-refractivity contribution is -0.153. The van der Waals surface area contributed by atoms with Crippen LogP contribution in [0.25, 0.3) is 0 Å². The van der Waals surface area contributed by atoms with E-state index >= 15 is 0 Å². The van der Waals surface area contributed by atoms with E-state index in [1.165, 1.54) is 38.5 Å². The van der Waals surface area contributed by atoms with Gasteiger partial charge in [-0.05, 0) is 70.1 Å². The SMILES string of the molecule is CC(C)N(C(=O)CN)C12CC3CC(CC(C3)C1)C2. The number of hydrogen-bond acceptors (Lipinski definition) is 2. The van der Waals surface area contributed by atoms with Crippen molar-refractivity contribution in [3.63, 3.8) is 0 Å². The predicted octanol–water partition coefficient (Wildman–Crippen LogP) is 2.15. The maximum absolute atomic E-state index is 12.3. The molecule has 0 spiro atoms. The second-order valence-electron chi connectivity index (χ2n) is 7.20. The van der Waals surface area contributed by atoms with Gasteiger partial charge in [0.15, 0.2) is 0 Å². The molecule has 0 heterocycles. The van der Waals surface area contributed by atoms with E-state index in [0.717, 1.165) is 17.8 Å². The summed E-state index contributed by atoms with van der Waals surface area (Å²) in [5.74, 6) is 2.79. The lowest BCUT2D eigenvalue weighted by Crippen LogP contribution is -2.64. The Balaban J connectivity index is 1.91. The molecule has 0 aromatic rings. The summed E-state index contributed by atoms with van der Waals surface area (Å²) in [6.45, 7) is 4.46. The lowest BCUT2D eigenvalue weighted by atomic mass is 9.52. The summed E-state index contributed by atoms with van der Waals surface area (Å²) in [7, 11) is 0. The van der Waals surface area contributed by atoms with Crippen LogP contribution in [0.5, 0.6) is 0 Å². The van der Waals surface area contributed by atoms with Gasteiger partial charge in [0.1, 0.15) is 0 Å². The van der Waals surface area contributed by atoms with E-state index in [9.17, 15) is 4.79 Å². The van der Waals surface area contributed by atoms with E-state index in [4.69, 9.17) is 5.73 Å². The molecule has 102 valence electrons. The molecule has 0 aliphatic heterocycles. The average Bonchev–Trinajstić information content (AvgIpc) is 2.25. The molecule has 18 heavy (non-hydrogen) atoms. The molecule has 4 bridgehead atoms. The van der Waals surface area contributed by atoms with Crippen LogP contribution in [0, 0.1) is 17.8 Å². The van der Waals surface area contributed by atoms with Crippen LogP contribution in [0.2, 0.25) is 0 Å². The molecule has 3 nitrogen and oxygen atoms in total. The summed E-state index contributed by atoms with van der Waals surface area (Å²) in [5, 5.41) is 0. The third kappa shape index (κ3) is 1.78. The van der Waals surface area contributed by atoms with Crippen LogP contribution in [0.3, 0.4) is 0 Å². The Kier molecular flexibility index (Phi) is 2.92. The van der Waals surface area contributed by atoms with E-state index in [2.05, 4.69) is 18.7 Å². The van der Waals surface area contributed by atoms with Crippen LogP contribution < -0.4 is 5.73 Å². The van der Waals surface area contributed by atoms with Gasteiger partial charge in [0.25, 0.3) is 0 Å². The van der Waals surface area contributed by atoms with Crippen molar-refractivity contribution >= 4 is 5.91 Å². The second kappa shape index (κ2) is 4.22. The zero-order chi connectivity index (χ0) is 12.9. The summed E-state index contributed by atoms with van der Waals surface area (Å²) in [5.41, 5.74) is 5.80. The highest BCUT2D eigenvalue weighted by Crippen LogP contribution is 2.58. The van der Waals surface area contributed by atoms with Gasteiger partial charge in [0.05, 0.1) is 6.54 Å². The van der Waals surface area contributed by atoms with E-state index in [1.807, 2.05) is 0 Å². The molecule has 0 unspecified atom stereocenters. The maximum Gasteiger partial charge on any atom is 0.236 e. The zero-order valence-electron chi connectivity index (χ0n) is 11.7. The molecule has 4 rings (SSSR count). The van der Waals surface area contributed by atoms with Crippen molar-refractivity contribution in [2.45, 2.75) is 64.0 Å². The molecule has 4 aliphatic carbocycles. The van der Waals surface area contributed by atoms with E-state index in [0.29, 0.717) is 0 Å². The van der Waals surface area contributed by atoms with E-state index in [1.54, 1.807) is 0 Å². The van der Waals surface area contributed by atoms with Crippen LogP contribution >= 0.6 is 0 Å². The van der Waals surface area contributed by atoms with Crippen molar-refractivity contribution in [3.05, 3.63) is 0 Å². The van der Waals surface area contributed by atoms with Gasteiger partial charge >= 0.3 is 0 Å². The van der Waals surface area contributed by atoms with Gasteiger partial charge in [0.2, 0.25) is 5.91 Å². The number of carbonyl (C=O) groups excluding carboxylic acids is 1. The number of rotatable bonds is 3. The smallest absolute Gasteiger partial charge is 0.236 e. The summed E-state index contributed by atoms with van der Waals surface area (Å²) < 4.78 is 0. The highest BCUT2D eigenvalue weighted by atomic mass is 16.2. The third-order valence-corrected chi connectivity index (χ3v) is 5.48. The third-order valence-electron chi connectivity index (χ3n) is 5.48. The van der Waals surface area contributed by atoms with Crippen LogP contribution in [0.15, 0.2) is 0 Å². The van der Waals surface area contributed by atoms with Crippen molar-refractivity contribution in [3.8, 4) is 0 Å². The number of nitrogens with two attached hydrogens (primary N) is 1. The van der Waals surface area contributed by atoms with Crippen molar-refractivity contribution in [2.24, 2.45) is 23.5 Å². The Morgan fingerprint density at radius 2 is 1.61 bits per heavy atom. The van der Waals surface area contributed by atoms with E-state index < -0.39 is 0 Å². The van der Waals surface area contributed by atoms with Crippen LogP contribution in [0.4, 0.5) is 0 Å². The minimum Gasteiger partial charge on any atom is -0.333 e. The normalized spacial score (nSPS) is 41.4. The molecule has 2 N–H and O–H groups in total. The van der Waals surface area contributed by atoms with Gasteiger partial charge in [-0.2, -0.15) is 0 Å². The van der Waals surface area contributed by atoms with Crippen molar-refractivity contribution in [1.29, 1.82) is 0 Å². The molecule has 0 radical (unpaired) electrons. The standard InChI is InChI=1S/C15H26N2O/c1-10(2)17(14(18)9-16)15-6-11-3-12(7-15)5-13(4-11)8-15/h10-13H,3-9,16H2,1-2H3. The molecule has 0 atom stereocenters. The molecular weight excluding hydrogens is 224 g/mol. The van der Waals surface area contributed by atoms with E-state index in [-0.39, 0.29) is 24.0 Å². The minimum atomic E-state index is 0.159. The Bertz CT molecular complexity index is 315. The number of amides is 1. The molecule has 0 aromatic heterocycles. The zero-order valence-corrected chi connectivity index (χ0v) is 11.7.